The van der Waals surface area contributed by atoms with Crippen molar-refractivity contribution in [1.82, 2.24) is 10.3 Å². The van der Waals surface area contributed by atoms with Gasteiger partial charge in [0.15, 0.2) is 0 Å². The first kappa shape index (κ1) is 13.5. The number of aromatic nitrogens is 1. The highest BCUT2D eigenvalue weighted by molar-refractivity contribution is 7.09. The molecule has 4 N–H and O–H groups in total. The van der Waals surface area contributed by atoms with Crippen LogP contribution in [0.3, 0.4) is 0 Å². The van der Waals surface area contributed by atoms with Gasteiger partial charge in [0.25, 0.3) is 5.91 Å². The molecule has 1 aliphatic rings. The van der Waals surface area contributed by atoms with Gasteiger partial charge in [-0.1, -0.05) is 19.3 Å². The predicted octanol–water partition coefficient (Wildman–Crippen LogP) is 1.03. The predicted molar refractivity (Wildman–Crippen MR) is 70.4 cm³/mol. The van der Waals surface area contributed by atoms with Gasteiger partial charge in [0.1, 0.15) is 10.7 Å². The smallest absolute Gasteiger partial charge is 0.271 e. The second-order valence-corrected chi connectivity index (χ2v) is 5.73. The van der Waals surface area contributed by atoms with Gasteiger partial charge in [0.05, 0.1) is 12.1 Å². The van der Waals surface area contributed by atoms with Gasteiger partial charge < -0.3 is 16.2 Å². The van der Waals surface area contributed by atoms with Crippen molar-refractivity contribution < 1.29 is 9.90 Å². The summed E-state index contributed by atoms with van der Waals surface area (Å²) in [5.41, 5.74) is 5.42. The van der Waals surface area contributed by atoms with Gasteiger partial charge >= 0.3 is 0 Å². The van der Waals surface area contributed by atoms with Gasteiger partial charge in [-0.15, -0.1) is 11.3 Å². The quantitative estimate of drug-likeness (QED) is 0.761. The van der Waals surface area contributed by atoms with Crippen molar-refractivity contribution in [3.05, 3.63) is 16.1 Å². The highest BCUT2D eigenvalue weighted by Crippen LogP contribution is 2.28. The summed E-state index contributed by atoms with van der Waals surface area (Å²) in [5, 5.41) is 15.0. The number of carbonyl (C=O) groups excluding carboxylic acids is 1. The zero-order valence-corrected chi connectivity index (χ0v) is 11.1. The number of nitrogens with one attached hydrogen (secondary N) is 1. The van der Waals surface area contributed by atoms with Gasteiger partial charge in [-0.2, -0.15) is 0 Å². The van der Waals surface area contributed by atoms with Crippen LogP contribution in [0.25, 0.3) is 0 Å². The van der Waals surface area contributed by atoms with Gasteiger partial charge in [-0.3, -0.25) is 4.79 Å². The number of thiazole rings is 1. The lowest BCUT2D eigenvalue weighted by atomic mass is 9.82. The highest BCUT2D eigenvalue weighted by atomic mass is 32.1. The zero-order valence-electron chi connectivity index (χ0n) is 10.3. The molecular formula is C12H19N3O2S. The molecule has 1 saturated carbocycles. The molecule has 0 spiro atoms. The number of amides is 1. The summed E-state index contributed by atoms with van der Waals surface area (Å²) < 4.78 is 0. The van der Waals surface area contributed by atoms with Crippen LogP contribution < -0.4 is 11.1 Å². The fourth-order valence-electron chi connectivity index (χ4n) is 2.36. The Balaban J connectivity index is 2.04. The van der Waals surface area contributed by atoms with E-state index in [-0.39, 0.29) is 12.5 Å². The summed E-state index contributed by atoms with van der Waals surface area (Å²) >= 11 is 1.39. The van der Waals surface area contributed by atoms with Crippen molar-refractivity contribution >= 4 is 17.2 Å². The van der Waals surface area contributed by atoms with Crippen molar-refractivity contribution in [2.45, 2.75) is 44.2 Å². The molecular weight excluding hydrogens is 250 g/mol. The summed E-state index contributed by atoms with van der Waals surface area (Å²) in [7, 11) is 0. The van der Waals surface area contributed by atoms with Gasteiger partial charge in [0, 0.05) is 11.9 Å². The third kappa shape index (κ3) is 2.88. The van der Waals surface area contributed by atoms with Crippen LogP contribution in [0.15, 0.2) is 5.38 Å². The Labute approximate surface area is 110 Å². The molecule has 1 aromatic heterocycles. The van der Waals surface area contributed by atoms with Crippen LogP contribution in [-0.2, 0) is 6.54 Å². The summed E-state index contributed by atoms with van der Waals surface area (Å²) in [6.07, 6.45) is 4.94. The van der Waals surface area contributed by atoms with E-state index < -0.39 is 5.54 Å². The van der Waals surface area contributed by atoms with E-state index in [0.29, 0.717) is 12.2 Å². The molecule has 1 aliphatic carbocycles. The van der Waals surface area contributed by atoms with Crippen LogP contribution in [-0.4, -0.2) is 28.1 Å². The lowest BCUT2D eigenvalue weighted by Gasteiger charge is -2.36. The van der Waals surface area contributed by atoms with Crippen LogP contribution in [0, 0.1) is 0 Å². The molecule has 0 aromatic carbocycles. The molecule has 0 bridgehead atoms. The maximum absolute atomic E-state index is 12.1. The molecule has 0 aliphatic heterocycles. The second-order valence-electron chi connectivity index (χ2n) is 4.78. The minimum Gasteiger partial charge on any atom is -0.394 e. The fourth-order valence-corrected chi connectivity index (χ4v) is 3.02. The molecule has 6 heteroatoms. The molecule has 2 rings (SSSR count). The number of nitrogens with zero attached hydrogens (tertiary/aromatic N) is 1. The van der Waals surface area contributed by atoms with E-state index in [9.17, 15) is 9.90 Å². The van der Waals surface area contributed by atoms with Gasteiger partial charge in [-0.05, 0) is 12.8 Å². The van der Waals surface area contributed by atoms with Gasteiger partial charge in [0.2, 0.25) is 0 Å². The van der Waals surface area contributed by atoms with Crippen molar-refractivity contribution in [1.29, 1.82) is 0 Å². The molecule has 1 amide bonds. The second kappa shape index (κ2) is 5.77. The van der Waals surface area contributed by atoms with Crippen molar-refractivity contribution in [3.8, 4) is 0 Å². The van der Waals surface area contributed by atoms with Crippen LogP contribution in [0.2, 0.25) is 0 Å². The Hall–Kier alpha value is -0.980. The molecule has 1 aromatic rings. The molecule has 0 unspecified atom stereocenters. The van der Waals surface area contributed by atoms with Crippen LogP contribution in [0.5, 0.6) is 0 Å². The monoisotopic (exact) mass is 269 g/mol. The minimum atomic E-state index is -0.457. The van der Waals surface area contributed by atoms with E-state index in [1.165, 1.54) is 17.8 Å². The van der Waals surface area contributed by atoms with Crippen molar-refractivity contribution in [3.63, 3.8) is 0 Å². The van der Waals surface area contributed by atoms with Crippen LogP contribution in [0.4, 0.5) is 0 Å². The van der Waals surface area contributed by atoms with E-state index >= 15 is 0 Å². The topological polar surface area (TPSA) is 88.2 Å². The van der Waals surface area contributed by atoms with Crippen molar-refractivity contribution in [2.75, 3.05) is 6.61 Å². The lowest BCUT2D eigenvalue weighted by Crippen LogP contribution is -2.52. The Morgan fingerprint density at radius 2 is 2.22 bits per heavy atom. The Morgan fingerprint density at radius 1 is 1.50 bits per heavy atom. The normalized spacial score (nSPS) is 18.6. The van der Waals surface area contributed by atoms with Crippen LogP contribution >= 0.6 is 11.3 Å². The molecule has 100 valence electrons. The first-order valence-corrected chi connectivity index (χ1v) is 7.15. The maximum Gasteiger partial charge on any atom is 0.271 e. The molecule has 1 fully saturated rings. The number of nitrogens with two attached hydrogens (primary N) is 1. The lowest BCUT2D eigenvalue weighted by molar-refractivity contribution is 0.0754. The Bertz CT molecular complexity index is 413. The third-order valence-electron chi connectivity index (χ3n) is 3.45. The number of aliphatic hydroxyl groups excluding tert-OH is 1. The van der Waals surface area contributed by atoms with Crippen molar-refractivity contribution in [2.24, 2.45) is 5.73 Å². The largest absolute Gasteiger partial charge is 0.394 e. The maximum atomic E-state index is 12.1. The average molecular weight is 269 g/mol. The van der Waals surface area contributed by atoms with E-state index in [1.54, 1.807) is 5.38 Å². The molecule has 1 heterocycles. The highest BCUT2D eigenvalue weighted by Gasteiger charge is 2.33. The number of hydrogen-bond acceptors (Lipinski definition) is 5. The number of carbonyl (C=O) groups is 1. The summed E-state index contributed by atoms with van der Waals surface area (Å²) in [6, 6.07) is 0. The number of rotatable bonds is 4. The summed E-state index contributed by atoms with van der Waals surface area (Å²) in [6.45, 7) is 0.343. The van der Waals surface area contributed by atoms with E-state index in [1.807, 2.05) is 0 Å². The SMILES string of the molecule is NCc1nc(C(=O)NC2(CO)CCCCC2)cs1. The van der Waals surface area contributed by atoms with E-state index in [2.05, 4.69) is 10.3 Å². The van der Waals surface area contributed by atoms with E-state index in [4.69, 9.17) is 5.73 Å². The third-order valence-corrected chi connectivity index (χ3v) is 4.32. The first-order valence-electron chi connectivity index (χ1n) is 6.27. The fraction of sp³-hybridized carbons (Fsp3) is 0.667. The molecule has 0 radical (unpaired) electrons. The van der Waals surface area contributed by atoms with Crippen LogP contribution in [0.1, 0.15) is 47.6 Å². The summed E-state index contributed by atoms with van der Waals surface area (Å²) in [4.78, 5) is 16.2. The number of aliphatic hydroxyl groups is 1. The standard InChI is InChI=1S/C12H19N3O2S/c13-6-10-14-9(7-18-10)11(17)15-12(8-16)4-2-1-3-5-12/h7,16H,1-6,8,13H2,(H,15,17). The first-order chi connectivity index (χ1) is 8.69. The zero-order chi connectivity index (χ0) is 13.0. The molecule has 0 atom stereocenters. The average Bonchev–Trinajstić information content (AvgIpc) is 2.88. The summed E-state index contributed by atoms with van der Waals surface area (Å²) in [5.74, 6) is -0.207. The minimum absolute atomic E-state index is 0.00732. The number of hydrogen-bond donors (Lipinski definition) is 3. The molecule has 0 saturated heterocycles. The molecule has 18 heavy (non-hydrogen) atoms. The Kier molecular flexibility index (Phi) is 4.31. The molecule has 5 nitrogen and oxygen atoms in total. The van der Waals surface area contributed by atoms with E-state index in [0.717, 1.165) is 30.7 Å². The van der Waals surface area contributed by atoms with Gasteiger partial charge in [-0.25, -0.2) is 4.98 Å². The Morgan fingerprint density at radius 3 is 2.78 bits per heavy atom.